The van der Waals surface area contributed by atoms with Crippen LogP contribution in [0, 0.1) is 5.92 Å². The van der Waals surface area contributed by atoms with Gasteiger partial charge < -0.3 is 10.4 Å². The van der Waals surface area contributed by atoms with Crippen LogP contribution in [0.4, 0.5) is 0 Å². The molecule has 1 aromatic heterocycles. The number of pyridine rings is 1. The van der Waals surface area contributed by atoms with E-state index in [2.05, 4.69) is 10.3 Å². The van der Waals surface area contributed by atoms with E-state index in [9.17, 15) is 9.59 Å². The summed E-state index contributed by atoms with van der Waals surface area (Å²) in [7, 11) is 0. The van der Waals surface area contributed by atoms with Gasteiger partial charge in [0.05, 0.1) is 0 Å². The van der Waals surface area contributed by atoms with Crippen LogP contribution < -0.4 is 5.32 Å². The molecule has 1 aliphatic rings. The number of halogens is 1. The van der Waals surface area contributed by atoms with Crippen LogP contribution in [0.3, 0.4) is 0 Å². The molecule has 0 bridgehead atoms. The molecule has 0 saturated heterocycles. The van der Waals surface area contributed by atoms with E-state index in [-0.39, 0.29) is 11.6 Å². The maximum atomic E-state index is 11.7. The second-order valence-corrected chi connectivity index (χ2v) is 4.42. The van der Waals surface area contributed by atoms with Crippen molar-refractivity contribution in [1.82, 2.24) is 10.3 Å². The number of amides is 1. The van der Waals surface area contributed by atoms with Crippen LogP contribution in [0.5, 0.6) is 0 Å². The molecule has 1 fully saturated rings. The highest BCUT2D eigenvalue weighted by atomic mass is 35.5. The van der Waals surface area contributed by atoms with Crippen molar-refractivity contribution in [3.63, 3.8) is 0 Å². The number of carboxylic acid groups (broad SMARTS) is 1. The number of hydrogen-bond donors (Lipinski definition) is 2. The predicted octanol–water partition coefficient (Wildman–Crippen LogP) is 1.33. The van der Waals surface area contributed by atoms with Crippen LogP contribution in [0.25, 0.3) is 0 Å². The van der Waals surface area contributed by atoms with Crippen molar-refractivity contribution in [3.05, 3.63) is 29.0 Å². The molecule has 0 radical (unpaired) electrons. The Hall–Kier alpha value is -1.62. The molecule has 1 saturated carbocycles. The first-order valence-electron chi connectivity index (χ1n) is 5.23. The number of rotatable bonds is 4. The maximum Gasteiger partial charge on any atom is 0.326 e. The molecule has 6 heteroatoms. The van der Waals surface area contributed by atoms with Gasteiger partial charge in [-0.3, -0.25) is 9.78 Å². The van der Waals surface area contributed by atoms with Crippen LogP contribution in [0.1, 0.15) is 23.3 Å². The van der Waals surface area contributed by atoms with Gasteiger partial charge >= 0.3 is 5.97 Å². The molecular formula is C11H11ClN2O3. The molecule has 0 spiro atoms. The van der Waals surface area contributed by atoms with Crippen LogP contribution >= 0.6 is 11.6 Å². The molecule has 2 rings (SSSR count). The minimum atomic E-state index is -1.01. The third-order valence-electron chi connectivity index (χ3n) is 2.60. The number of carbonyl (C=O) groups excluding carboxylic acids is 1. The summed E-state index contributed by atoms with van der Waals surface area (Å²) in [5.74, 6) is -1.48. The summed E-state index contributed by atoms with van der Waals surface area (Å²) in [6.07, 6.45) is 3.07. The number of aliphatic carboxylic acids is 1. The normalized spacial score (nSPS) is 16.3. The Morgan fingerprint density at radius 3 is 2.76 bits per heavy atom. The molecule has 1 aromatic rings. The molecule has 0 aromatic carbocycles. The molecule has 1 aliphatic carbocycles. The zero-order valence-corrected chi connectivity index (χ0v) is 9.65. The van der Waals surface area contributed by atoms with E-state index in [0.29, 0.717) is 5.02 Å². The molecule has 17 heavy (non-hydrogen) atoms. The van der Waals surface area contributed by atoms with Gasteiger partial charge in [-0.25, -0.2) is 4.79 Å². The molecule has 90 valence electrons. The SMILES string of the molecule is O=C(NC(C(=O)O)C1CC1)c1cc(Cl)ccn1. The first-order chi connectivity index (χ1) is 8.08. The van der Waals surface area contributed by atoms with E-state index in [1.165, 1.54) is 12.3 Å². The van der Waals surface area contributed by atoms with E-state index in [0.717, 1.165) is 12.8 Å². The summed E-state index contributed by atoms with van der Waals surface area (Å²) in [6.45, 7) is 0. The zero-order valence-electron chi connectivity index (χ0n) is 8.89. The fourth-order valence-corrected chi connectivity index (χ4v) is 1.71. The number of nitrogens with zero attached hydrogens (tertiary/aromatic N) is 1. The van der Waals surface area contributed by atoms with Crippen molar-refractivity contribution < 1.29 is 14.7 Å². The highest BCUT2D eigenvalue weighted by Crippen LogP contribution is 2.32. The van der Waals surface area contributed by atoms with E-state index in [1.54, 1.807) is 6.07 Å². The quantitative estimate of drug-likeness (QED) is 0.850. The number of carboxylic acids is 1. The molecule has 2 N–H and O–H groups in total. The van der Waals surface area contributed by atoms with Gasteiger partial charge in [0.15, 0.2) is 0 Å². The smallest absolute Gasteiger partial charge is 0.326 e. The van der Waals surface area contributed by atoms with Gasteiger partial charge in [-0.05, 0) is 30.9 Å². The van der Waals surface area contributed by atoms with Crippen molar-refractivity contribution in [2.75, 3.05) is 0 Å². The topological polar surface area (TPSA) is 79.3 Å². The Kier molecular flexibility index (Phi) is 3.28. The zero-order chi connectivity index (χ0) is 12.4. The largest absolute Gasteiger partial charge is 0.480 e. The average Bonchev–Trinajstić information content (AvgIpc) is 3.09. The Morgan fingerprint density at radius 2 is 2.24 bits per heavy atom. The standard InChI is InChI=1S/C11H11ClN2O3/c12-7-3-4-13-8(5-7)10(15)14-9(11(16)17)6-1-2-6/h3-6,9H,1-2H2,(H,14,15)(H,16,17). The molecule has 5 nitrogen and oxygen atoms in total. The summed E-state index contributed by atoms with van der Waals surface area (Å²) in [4.78, 5) is 26.5. The summed E-state index contributed by atoms with van der Waals surface area (Å²) in [5, 5.41) is 11.8. The first kappa shape index (κ1) is 11.9. The van der Waals surface area contributed by atoms with Gasteiger partial charge in [-0.15, -0.1) is 0 Å². The van der Waals surface area contributed by atoms with Crippen molar-refractivity contribution in [1.29, 1.82) is 0 Å². The lowest BCUT2D eigenvalue weighted by atomic mass is 10.2. The molecule has 0 aliphatic heterocycles. The predicted molar refractivity (Wildman–Crippen MR) is 60.9 cm³/mol. The number of aromatic nitrogens is 1. The number of hydrogen-bond acceptors (Lipinski definition) is 3. The van der Waals surface area contributed by atoms with Crippen LogP contribution in [-0.2, 0) is 4.79 Å². The van der Waals surface area contributed by atoms with Crippen LogP contribution in [-0.4, -0.2) is 28.0 Å². The van der Waals surface area contributed by atoms with E-state index in [1.807, 2.05) is 0 Å². The Balaban J connectivity index is 2.07. The lowest BCUT2D eigenvalue weighted by Gasteiger charge is -2.12. The molecule has 1 heterocycles. The van der Waals surface area contributed by atoms with Crippen molar-refractivity contribution >= 4 is 23.5 Å². The minimum Gasteiger partial charge on any atom is -0.480 e. The number of carbonyl (C=O) groups is 2. The minimum absolute atomic E-state index is 0.0376. The summed E-state index contributed by atoms with van der Waals surface area (Å²) < 4.78 is 0. The van der Waals surface area contributed by atoms with E-state index >= 15 is 0 Å². The fourth-order valence-electron chi connectivity index (χ4n) is 1.55. The highest BCUT2D eigenvalue weighted by Gasteiger charge is 2.37. The van der Waals surface area contributed by atoms with Gasteiger partial charge in [0.2, 0.25) is 0 Å². The van der Waals surface area contributed by atoms with Crippen molar-refractivity contribution in [3.8, 4) is 0 Å². The Bertz CT molecular complexity index is 460. The number of nitrogens with one attached hydrogen (secondary N) is 1. The third-order valence-corrected chi connectivity index (χ3v) is 2.84. The third kappa shape index (κ3) is 2.94. The molecule has 1 amide bonds. The summed E-state index contributed by atoms with van der Waals surface area (Å²) >= 11 is 5.73. The van der Waals surface area contributed by atoms with Crippen LogP contribution in [0.2, 0.25) is 5.02 Å². The monoisotopic (exact) mass is 254 g/mol. The molecular weight excluding hydrogens is 244 g/mol. The Morgan fingerprint density at radius 1 is 1.53 bits per heavy atom. The van der Waals surface area contributed by atoms with Gasteiger partial charge in [0, 0.05) is 11.2 Å². The van der Waals surface area contributed by atoms with Crippen molar-refractivity contribution in [2.24, 2.45) is 5.92 Å². The van der Waals surface area contributed by atoms with E-state index < -0.39 is 17.9 Å². The van der Waals surface area contributed by atoms with Gasteiger partial charge in [-0.1, -0.05) is 11.6 Å². The van der Waals surface area contributed by atoms with Gasteiger partial charge in [-0.2, -0.15) is 0 Å². The fraction of sp³-hybridized carbons (Fsp3) is 0.364. The lowest BCUT2D eigenvalue weighted by Crippen LogP contribution is -2.42. The average molecular weight is 255 g/mol. The summed E-state index contributed by atoms with van der Waals surface area (Å²) in [5.41, 5.74) is 0.129. The van der Waals surface area contributed by atoms with Gasteiger partial charge in [0.1, 0.15) is 11.7 Å². The first-order valence-corrected chi connectivity index (χ1v) is 5.61. The summed E-state index contributed by atoms with van der Waals surface area (Å²) in [6, 6.07) is 2.12. The van der Waals surface area contributed by atoms with Crippen LogP contribution in [0.15, 0.2) is 18.3 Å². The molecule has 1 unspecified atom stereocenters. The molecule has 1 atom stereocenters. The second-order valence-electron chi connectivity index (χ2n) is 3.99. The van der Waals surface area contributed by atoms with E-state index in [4.69, 9.17) is 16.7 Å². The highest BCUT2D eigenvalue weighted by molar-refractivity contribution is 6.30. The van der Waals surface area contributed by atoms with Crippen molar-refractivity contribution in [2.45, 2.75) is 18.9 Å². The Labute approximate surface area is 103 Å². The second kappa shape index (κ2) is 4.71. The lowest BCUT2D eigenvalue weighted by molar-refractivity contribution is -0.139. The van der Waals surface area contributed by atoms with Gasteiger partial charge in [0.25, 0.3) is 5.91 Å². The maximum absolute atomic E-state index is 11.7.